The van der Waals surface area contributed by atoms with Gasteiger partial charge in [-0.2, -0.15) is 0 Å². The number of hydrogen-bond acceptors (Lipinski definition) is 4. The van der Waals surface area contributed by atoms with Crippen molar-refractivity contribution < 1.29 is 18.0 Å². The smallest absolute Gasteiger partial charge is 0.251 e. The predicted octanol–water partition coefficient (Wildman–Crippen LogP) is 4.51. The molecule has 0 aliphatic heterocycles. The van der Waals surface area contributed by atoms with Gasteiger partial charge < -0.3 is 10.6 Å². The van der Waals surface area contributed by atoms with Crippen LogP contribution in [0.4, 0.5) is 5.69 Å². The van der Waals surface area contributed by atoms with Gasteiger partial charge in [0.05, 0.1) is 4.90 Å². The molecule has 2 aromatic carbocycles. The highest BCUT2D eigenvalue weighted by Crippen LogP contribution is 2.41. The summed E-state index contributed by atoms with van der Waals surface area (Å²) >= 11 is 5.90. The van der Waals surface area contributed by atoms with Gasteiger partial charge in [-0.3, -0.25) is 9.59 Å². The number of nitrogens with one attached hydrogen (secondary N) is 2. The maximum absolute atomic E-state index is 13.5. The van der Waals surface area contributed by atoms with Gasteiger partial charge in [-0.15, -0.1) is 0 Å². The minimum Gasteiger partial charge on any atom is -0.350 e. The monoisotopic (exact) mass is 462 g/mol. The van der Waals surface area contributed by atoms with E-state index < -0.39 is 20.5 Å². The number of carbonyl (C=O) groups excluding carboxylic acids is 2. The second-order valence-electron chi connectivity index (χ2n) is 8.27. The summed E-state index contributed by atoms with van der Waals surface area (Å²) in [4.78, 5) is 25.7. The lowest BCUT2D eigenvalue weighted by Gasteiger charge is -2.28. The molecular weight excluding hydrogens is 436 g/mol. The molecule has 2 amide bonds. The Kier molecular flexibility index (Phi) is 6.76. The maximum atomic E-state index is 13.5. The number of carbonyl (C=O) groups is 2. The number of benzene rings is 2. The van der Waals surface area contributed by atoms with E-state index in [1.165, 1.54) is 24.3 Å². The van der Waals surface area contributed by atoms with Crippen LogP contribution < -0.4 is 10.6 Å². The summed E-state index contributed by atoms with van der Waals surface area (Å²) in [5.41, 5.74) is 1.66. The third kappa shape index (κ3) is 4.62. The first-order valence-electron chi connectivity index (χ1n) is 10.3. The highest BCUT2D eigenvalue weighted by Gasteiger charge is 2.53. The standard InChI is InChI=1S/C23H27ClN2O4S/c1-15(2)25-21(27)20-11-8-18(14-16(20)3)26-22(28)23(12-4-5-13-23)31(29,30)19-9-6-17(24)7-10-19/h6-11,14-15H,4-5,12-13H2,1-3H3,(H,25,27)(H,26,28). The summed E-state index contributed by atoms with van der Waals surface area (Å²) in [5, 5.41) is 6.05. The lowest BCUT2D eigenvalue weighted by atomic mass is 10.0. The van der Waals surface area contributed by atoms with Crippen LogP contribution >= 0.6 is 11.6 Å². The Morgan fingerprint density at radius 3 is 2.19 bits per heavy atom. The lowest BCUT2D eigenvalue weighted by Crippen LogP contribution is -2.47. The lowest BCUT2D eigenvalue weighted by molar-refractivity contribution is -0.118. The zero-order valence-corrected chi connectivity index (χ0v) is 19.4. The fourth-order valence-electron chi connectivity index (χ4n) is 3.98. The molecule has 1 fully saturated rings. The quantitative estimate of drug-likeness (QED) is 0.660. The molecule has 2 aromatic rings. The zero-order chi connectivity index (χ0) is 22.8. The molecule has 8 heteroatoms. The Hall–Kier alpha value is -2.38. The van der Waals surface area contributed by atoms with Gasteiger partial charge in [0.1, 0.15) is 0 Å². The highest BCUT2D eigenvalue weighted by molar-refractivity contribution is 7.93. The number of aryl methyl sites for hydroxylation is 1. The molecule has 1 saturated carbocycles. The van der Waals surface area contributed by atoms with E-state index in [1.54, 1.807) is 25.1 Å². The molecule has 166 valence electrons. The molecule has 31 heavy (non-hydrogen) atoms. The van der Waals surface area contributed by atoms with E-state index in [0.717, 1.165) is 0 Å². The summed E-state index contributed by atoms with van der Waals surface area (Å²) in [6.45, 7) is 5.54. The van der Waals surface area contributed by atoms with Crippen molar-refractivity contribution >= 4 is 38.9 Å². The number of halogens is 1. The minimum absolute atomic E-state index is 0.00609. The average Bonchev–Trinajstić information content (AvgIpc) is 3.19. The van der Waals surface area contributed by atoms with Crippen LogP contribution in [0.1, 0.15) is 55.5 Å². The molecular formula is C23H27ClN2O4S. The van der Waals surface area contributed by atoms with Crippen LogP contribution in [0, 0.1) is 6.92 Å². The van der Waals surface area contributed by atoms with E-state index in [4.69, 9.17) is 11.6 Å². The Balaban J connectivity index is 1.89. The highest BCUT2D eigenvalue weighted by atomic mass is 35.5. The second kappa shape index (κ2) is 9.01. The van der Waals surface area contributed by atoms with E-state index >= 15 is 0 Å². The first-order valence-corrected chi connectivity index (χ1v) is 12.2. The van der Waals surface area contributed by atoms with E-state index in [9.17, 15) is 18.0 Å². The SMILES string of the molecule is Cc1cc(NC(=O)C2(S(=O)(=O)c3ccc(Cl)cc3)CCCC2)ccc1C(=O)NC(C)C. The van der Waals surface area contributed by atoms with Crippen molar-refractivity contribution in [3.63, 3.8) is 0 Å². The normalized spacial score (nSPS) is 15.6. The summed E-state index contributed by atoms with van der Waals surface area (Å²) in [7, 11) is -3.92. The van der Waals surface area contributed by atoms with Crippen LogP contribution in [0.15, 0.2) is 47.4 Å². The first kappa shape index (κ1) is 23.3. The Labute approximate surface area is 188 Å². The van der Waals surface area contributed by atoms with Gasteiger partial charge in [0.2, 0.25) is 5.91 Å². The molecule has 0 heterocycles. The van der Waals surface area contributed by atoms with Crippen LogP contribution in [-0.4, -0.2) is 31.0 Å². The molecule has 0 atom stereocenters. The summed E-state index contributed by atoms with van der Waals surface area (Å²) in [5.74, 6) is -0.735. The van der Waals surface area contributed by atoms with Crippen molar-refractivity contribution in [1.29, 1.82) is 0 Å². The van der Waals surface area contributed by atoms with Crippen LogP contribution in [0.5, 0.6) is 0 Å². The Morgan fingerprint density at radius 1 is 1.03 bits per heavy atom. The van der Waals surface area contributed by atoms with Gasteiger partial charge >= 0.3 is 0 Å². The topological polar surface area (TPSA) is 92.3 Å². The molecule has 1 aliphatic carbocycles. The molecule has 0 bridgehead atoms. The summed E-state index contributed by atoms with van der Waals surface area (Å²) < 4.78 is 25.4. The van der Waals surface area contributed by atoms with Gasteiger partial charge in [-0.25, -0.2) is 8.42 Å². The molecule has 0 aromatic heterocycles. The van der Waals surface area contributed by atoms with Gasteiger partial charge in [0.25, 0.3) is 5.91 Å². The van der Waals surface area contributed by atoms with Crippen molar-refractivity contribution in [2.45, 2.75) is 62.1 Å². The fourth-order valence-corrected chi connectivity index (χ4v) is 6.18. The molecule has 2 N–H and O–H groups in total. The Bertz CT molecular complexity index is 1090. The third-order valence-corrected chi connectivity index (χ3v) is 8.38. The van der Waals surface area contributed by atoms with Gasteiger partial charge in [-0.1, -0.05) is 24.4 Å². The van der Waals surface area contributed by atoms with Crippen LogP contribution in [-0.2, 0) is 14.6 Å². The number of amides is 2. The van der Waals surface area contributed by atoms with Crippen molar-refractivity contribution in [3.05, 3.63) is 58.6 Å². The minimum atomic E-state index is -3.92. The molecule has 6 nitrogen and oxygen atoms in total. The molecule has 0 unspecified atom stereocenters. The van der Waals surface area contributed by atoms with Gasteiger partial charge in [0, 0.05) is 22.3 Å². The molecule has 0 saturated heterocycles. The van der Waals surface area contributed by atoms with E-state index in [-0.39, 0.29) is 29.7 Å². The number of hydrogen-bond donors (Lipinski definition) is 2. The largest absolute Gasteiger partial charge is 0.350 e. The van der Waals surface area contributed by atoms with Gasteiger partial charge in [0.15, 0.2) is 14.6 Å². The predicted molar refractivity (Wildman–Crippen MR) is 122 cm³/mol. The summed E-state index contributed by atoms with van der Waals surface area (Å²) in [6, 6.07) is 10.9. The molecule has 1 aliphatic rings. The summed E-state index contributed by atoms with van der Waals surface area (Å²) in [6.07, 6.45) is 1.84. The van der Waals surface area contributed by atoms with Crippen LogP contribution in [0.25, 0.3) is 0 Å². The fraction of sp³-hybridized carbons (Fsp3) is 0.391. The number of anilines is 1. The molecule has 0 radical (unpaired) electrons. The van der Waals surface area contributed by atoms with E-state index in [0.29, 0.717) is 34.7 Å². The van der Waals surface area contributed by atoms with Crippen molar-refractivity contribution in [2.75, 3.05) is 5.32 Å². The van der Waals surface area contributed by atoms with Crippen molar-refractivity contribution in [2.24, 2.45) is 0 Å². The molecule has 3 rings (SSSR count). The van der Waals surface area contributed by atoms with Gasteiger partial charge in [-0.05, 0) is 81.6 Å². The van der Waals surface area contributed by atoms with Crippen molar-refractivity contribution in [3.8, 4) is 0 Å². The molecule has 0 spiro atoms. The number of rotatable bonds is 6. The first-order chi connectivity index (χ1) is 14.6. The zero-order valence-electron chi connectivity index (χ0n) is 17.9. The maximum Gasteiger partial charge on any atom is 0.251 e. The van der Waals surface area contributed by atoms with Crippen molar-refractivity contribution in [1.82, 2.24) is 5.32 Å². The Morgan fingerprint density at radius 2 is 1.65 bits per heavy atom. The second-order valence-corrected chi connectivity index (χ2v) is 11.0. The third-order valence-electron chi connectivity index (χ3n) is 5.61. The average molecular weight is 463 g/mol. The number of sulfone groups is 1. The van der Waals surface area contributed by atoms with Crippen LogP contribution in [0.3, 0.4) is 0 Å². The van der Waals surface area contributed by atoms with E-state index in [1.807, 2.05) is 13.8 Å². The van der Waals surface area contributed by atoms with E-state index in [2.05, 4.69) is 10.6 Å². The van der Waals surface area contributed by atoms with Crippen LogP contribution in [0.2, 0.25) is 5.02 Å².